The molecule has 2 fully saturated rings. The lowest BCUT2D eigenvalue weighted by molar-refractivity contribution is -0.193. The highest BCUT2D eigenvalue weighted by Gasteiger charge is 2.49. The highest BCUT2D eigenvalue weighted by Crippen LogP contribution is 2.35. The van der Waals surface area contributed by atoms with Gasteiger partial charge in [-0.25, -0.2) is 4.98 Å². The van der Waals surface area contributed by atoms with Gasteiger partial charge in [-0.1, -0.05) is 13.0 Å². The molecular weight excluding hydrogens is 268 g/mol. The van der Waals surface area contributed by atoms with Crippen LogP contribution in [0.25, 0.3) is 0 Å². The van der Waals surface area contributed by atoms with Crippen LogP contribution in [-0.4, -0.2) is 47.2 Å². The number of nitrogens with zero attached hydrogens (tertiary/aromatic N) is 2. The summed E-state index contributed by atoms with van der Waals surface area (Å²) in [7, 11) is 0. The van der Waals surface area contributed by atoms with E-state index in [1.165, 1.54) is 0 Å². The number of aromatic nitrogens is 1. The molecule has 1 amide bonds. The summed E-state index contributed by atoms with van der Waals surface area (Å²) in [6, 6.07) is 5.67. The van der Waals surface area contributed by atoms with E-state index in [4.69, 9.17) is 9.47 Å². The summed E-state index contributed by atoms with van der Waals surface area (Å²) in [4.78, 5) is 18.0. The van der Waals surface area contributed by atoms with Crippen molar-refractivity contribution in [2.45, 2.75) is 44.3 Å². The number of rotatable bonds is 4. The molecule has 0 aromatic carbocycles. The maximum Gasteiger partial charge on any atom is 0.222 e. The smallest absolute Gasteiger partial charge is 0.222 e. The van der Waals surface area contributed by atoms with E-state index in [2.05, 4.69) is 4.98 Å². The summed E-state index contributed by atoms with van der Waals surface area (Å²) in [6.07, 6.45) is 5.09. The van der Waals surface area contributed by atoms with Crippen LogP contribution in [0, 0.1) is 0 Å². The Bertz CT molecular complexity index is 486. The molecule has 2 aliphatic rings. The monoisotopic (exact) mass is 290 g/mol. The Morgan fingerprint density at radius 3 is 3.10 bits per heavy atom. The lowest BCUT2D eigenvalue weighted by Gasteiger charge is -2.52. The molecule has 0 saturated carbocycles. The minimum Gasteiger partial charge on any atom is -0.474 e. The highest BCUT2D eigenvalue weighted by molar-refractivity contribution is 5.77. The van der Waals surface area contributed by atoms with Crippen LogP contribution in [0.4, 0.5) is 0 Å². The van der Waals surface area contributed by atoms with E-state index in [-0.39, 0.29) is 17.6 Å². The average Bonchev–Trinajstić information content (AvgIpc) is 2.46. The Hall–Kier alpha value is -1.62. The molecule has 21 heavy (non-hydrogen) atoms. The average molecular weight is 290 g/mol. The first-order valence-corrected chi connectivity index (χ1v) is 7.70. The van der Waals surface area contributed by atoms with E-state index in [1.54, 1.807) is 6.20 Å². The topological polar surface area (TPSA) is 51.7 Å². The van der Waals surface area contributed by atoms with Crippen molar-refractivity contribution in [3.05, 3.63) is 24.4 Å². The zero-order valence-corrected chi connectivity index (χ0v) is 12.5. The molecule has 1 unspecified atom stereocenters. The van der Waals surface area contributed by atoms with Gasteiger partial charge in [-0.05, 0) is 12.5 Å². The first-order valence-electron chi connectivity index (χ1n) is 7.70. The zero-order chi connectivity index (χ0) is 14.7. The lowest BCUT2D eigenvalue weighted by atomic mass is 9.84. The van der Waals surface area contributed by atoms with Gasteiger partial charge in [-0.3, -0.25) is 4.79 Å². The van der Waals surface area contributed by atoms with E-state index in [9.17, 15) is 4.79 Å². The van der Waals surface area contributed by atoms with Gasteiger partial charge in [0.05, 0.1) is 19.7 Å². The largest absolute Gasteiger partial charge is 0.474 e. The normalized spacial score (nSPS) is 23.7. The number of hydrogen-bond acceptors (Lipinski definition) is 4. The van der Waals surface area contributed by atoms with Crippen molar-refractivity contribution in [3.63, 3.8) is 0 Å². The maximum atomic E-state index is 11.9. The van der Waals surface area contributed by atoms with Crippen molar-refractivity contribution in [2.75, 3.05) is 19.7 Å². The van der Waals surface area contributed by atoms with Crippen LogP contribution < -0.4 is 4.74 Å². The third-order valence-corrected chi connectivity index (χ3v) is 4.15. The quantitative estimate of drug-likeness (QED) is 0.851. The van der Waals surface area contributed by atoms with Crippen LogP contribution in [0.5, 0.6) is 5.88 Å². The number of hydrogen-bond donors (Lipinski definition) is 0. The van der Waals surface area contributed by atoms with Crippen LogP contribution >= 0.6 is 0 Å². The summed E-state index contributed by atoms with van der Waals surface area (Å²) in [5, 5.41) is 0. The molecule has 114 valence electrons. The molecular formula is C16H22N2O3. The molecule has 0 aliphatic carbocycles. The number of ether oxygens (including phenoxy) is 2. The van der Waals surface area contributed by atoms with Gasteiger partial charge in [0.2, 0.25) is 11.8 Å². The Labute approximate surface area is 125 Å². The zero-order valence-electron chi connectivity index (χ0n) is 12.5. The van der Waals surface area contributed by atoms with E-state index in [1.807, 2.05) is 30.0 Å². The first-order chi connectivity index (χ1) is 10.2. The van der Waals surface area contributed by atoms with Gasteiger partial charge in [0.15, 0.2) is 0 Å². The standard InChI is InChI=1S/C16H22N2O3/c1-2-5-15(19)18-11-16(12-18)10-13(7-9-20-16)21-14-6-3-4-8-17-14/h3-4,6,8,13H,2,5,7,9-12H2,1H3. The fourth-order valence-corrected chi connectivity index (χ4v) is 3.09. The molecule has 0 radical (unpaired) electrons. The molecule has 0 bridgehead atoms. The van der Waals surface area contributed by atoms with Crippen molar-refractivity contribution >= 4 is 5.91 Å². The van der Waals surface area contributed by atoms with Crippen LogP contribution in [0.15, 0.2) is 24.4 Å². The molecule has 1 aromatic heterocycles. The Kier molecular flexibility index (Phi) is 4.10. The molecule has 1 aromatic rings. The summed E-state index contributed by atoms with van der Waals surface area (Å²) in [5.74, 6) is 0.900. The molecule has 2 saturated heterocycles. The van der Waals surface area contributed by atoms with Gasteiger partial charge >= 0.3 is 0 Å². The van der Waals surface area contributed by atoms with Crippen molar-refractivity contribution in [1.82, 2.24) is 9.88 Å². The SMILES string of the molecule is CCCC(=O)N1CC2(CC(Oc3ccccn3)CCO2)C1. The van der Waals surface area contributed by atoms with Crippen molar-refractivity contribution in [1.29, 1.82) is 0 Å². The number of carbonyl (C=O) groups excluding carboxylic acids is 1. The second kappa shape index (κ2) is 6.02. The number of pyridine rings is 1. The number of likely N-dealkylation sites (tertiary alicyclic amines) is 1. The maximum absolute atomic E-state index is 11.9. The van der Waals surface area contributed by atoms with Crippen molar-refractivity contribution in [2.24, 2.45) is 0 Å². The Balaban J connectivity index is 1.54. The lowest BCUT2D eigenvalue weighted by Crippen LogP contribution is -2.67. The Morgan fingerprint density at radius 1 is 1.52 bits per heavy atom. The van der Waals surface area contributed by atoms with E-state index in [0.717, 1.165) is 19.3 Å². The molecule has 1 atom stereocenters. The van der Waals surface area contributed by atoms with Crippen LogP contribution in [0.2, 0.25) is 0 Å². The summed E-state index contributed by atoms with van der Waals surface area (Å²) < 4.78 is 11.9. The van der Waals surface area contributed by atoms with Crippen molar-refractivity contribution in [3.8, 4) is 5.88 Å². The van der Waals surface area contributed by atoms with E-state index in [0.29, 0.717) is 32.0 Å². The first kappa shape index (κ1) is 14.3. The fraction of sp³-hybridized carbons (Fsp3) is 0.625. The molecule has 2 aliphatic heterocycles. The van der Waals surface area contributed by atoms with Gasteiger partial charge in [0, 0.05) is 31.5 Å². The molecule has 3 heterocycles. The van der Waals surface area contributed by atoms with Gasteiger partial charge < -0.3 is 14.4 Å². The Morgan fingerprint density at radius 2 is 2.38 bits per heavy atom. The minimum absolute atomic E-state index is 0.122. The van der Waals surface area contributed by atoms with Crippen LogP contribution in [0.1, 0.15) is 32.6 Å². The number of carbonyl (C=O) groups is 1. The summed E-state index contributed by atoms with van der Waals surface area (Å²) in [6.45, 7) is 4.12. The van der Waals surface area contributed by atoms with Gasteiger partial charge in [0.1, 0.15) is 11.7 Å². The predicted molar refractivity (Wildman–Crippen MR) is 78.1 cm³/mol. The van der Waals surface area contributed by atoms with Gasteiger partial charge in [-0.15, -0.1) is 0 Å². The third kappa shape index (κ3) is 3.18. The molecule has 5 nitrogen and oxygen atoms in total. The predicted octanol–water partition coefficient (Wildman–Crippen LogP) is 2.02. The van der Waals surface area contributed by atoms with E-state index < -0.39 is 0 Å². The molecule has 1 spiro atoms. The van der Waals surface area contributed by atoms with Gasteiger partial charge in [-0.2, -0.15) is 0 Å². The molecule has 5 heteroatoms. The molecule has 3 rings (SSSR count). The van der Waals surface area contributed by atoms with E-state index >= 15 is 0 Å². The molecule has 0 N–H and O–H groups in total. The minimum atomic E-state index is -0.193. The van der Waals surface area contributed by atoms with Crippen LogP contribution in [0.3, 0.4) is 0 Å². The fourth-order valence-electron chi connectivity index (χ4n) is 3.09. The second-order valence-electron chi connectivity index (χ2n) is 5.93. The second-order valence-corrected chi connectivity index (χ2v) is 5.93. The van der Waals surface area contributed by atoms with Crippen molar-refractivity contribution < 1.29 is 14.3 Å². The number of amides is 1. The summed E-state index contributed by atoms with van der Waals surface area (Å²) in [5.41, 5.74) is -0.193. The third-order valence-electron chi connectivity index (χ3n) is 4.15. The summed E-state index contributed by atoms with van der Waals surface area (Å²) >= 11 is 0. The van der Waals surface area contributed by atoms with Crippen LogP contribution in [-0.2, 0) is 9.53 Å². The van der Waals surface area contributed by atoms with Gasteiger partial charge in [0.25, 0.3) is 0 Å². The highest BCUT2D eigenvalue weighted by atomic mass is 16.5.